The first kappa shape index (κ1) is 84.0. The van der Waals surface area contributed by atoms with Crippen LogP contribution in [0.4, 0.5) is 0 Å². The quantitative estimate of drug-likeness (QED) is 0.0119. The highest BCUT2D eigenvalue weighted by Crippen LogP contribution is 2.16. The van der Waals surface area contributed by atoms with E-state index in [0.717, 1.165) is 0 Å². The number of carbonyl (C=O) groups excluding carboxylic acids is 12. The predicted octanol–water partition coefficient (Wildman–Crippen LogP) is -2.98. The molecule has 0 radical (unpaired) electrons. The van der Waals surface area contributed by atoms with Crippen molar-refractivity contribution in [2.75, 3.05) is 26.2 Å². The van der Waals surface area contributed by atoms with Gasteiger partial charge in [0.2, 0.25) is 70.9 Å². The van der Waals surface area contributed by atoms with E-state index in [2.05, 4.69) is 68.5 Å². The number of guanidine groups is 2. The van der Waals surface area contributed by atoms with Gasteiger partial charge in [0.1, 0.15) is 65.9 Å². The summed E-state index contributed by atoms with van der Waals surface area (Å²) in [5.41, 5.74) is 36.5. The number of phenols is 2. The van der Waals surface area contributed by atoms with Crippen LogP contribution < -0.4 is 92.9 Å². The lowest BCUT2D eigenvalue weighted by Crippen LogP contribution is -2.60. The van der Waals surface area contributed by atoms with Crippen LogP contribution in [0.5, 0.6) is 11.5 Å². The molecule has 0 unspecified atom stereocenters. The van der Waals surface area contributed by atoms with Crippen molar-refractivity contribution in [2.24, 2.45) is 56.2 Å². The summed E-state index contributed by atoms with van der Waals surface area (Å²) in [6.07, 6.45) is -0.197. The van der Waals surface area contributed by atoms with E-state index in [1.165, 1.54) is 50.2 Å². The van der Waals surface area contributed by atoms with Gasteiger partial charge in [-0.3, -0.25) is 67.5 Å². The smallest absolute Gasteiger partial charge is 0.243 e. The van der Waals surface area contributed by atoms with Crippen molar-refractivity contribution < 1.29 is 67.7 Å². The van der Waals surface area contributed by atoms with Gasteiger partial charge >= 0.3 is 0 Å². The van der Waals surface area contributed by atoms with Crippen molar-refractivity contribution in [1.82, 2.24) is 58.5 Å². The lowest BCUT2D eigenvalue weighted by Gasteiger charge is -2.28. The molecule has 0 aliphatic heterocycles. The third-order valence-electron chi connectivity index (χ3n) is 15.8. The molecule has 0 saturated heterocycles. The minimum Gasteiger partial charge on any atom is -0.508 e. The number of primary amides is 1. The summed E-state index contributed by atoms with van der Waals surface area (Å²) in [7, 11) is 0. The maximum atomic E-state index is 14.8. The van der Waals surface area contributed by atoms with Gasteiger partial charge in [-0.15, -0.1) is 0 Å². The molecule has 4 aromatic carbocycles. The molecule has 0 heterocycles. The highest BCUT2D eigenvalue weighted by molar-refractivity contribution is 5.99. The highest BCUT2D eigenvalue weighted by atomic mass is 16.3. The Balaban J connectivity index is 1.55. The van der Waals surface area contributed by atoms with E-state index in [4.69, 9.17) is 34.4 Å². The van der Waals surface area contributed by atoms with Gasteiger partial charge < -0.3 is 103 Å². The molecule has 0 fully saturated rings. The number of aliphatic imine (C=N–C) groups is 2. The molecule has 0 bridgehead atoms. The number of rotatable bonds is 43. The summed E-state index contributed by atoms with van der Waals surface area (Å²) in [6.45, 7) is 8.55. The van der Waals surface area contributed by atoms with E-state index in [9.17, 15) is 67.7 Å². The standard InChI is InChI=1S/C70H101N19O14/c1-39(2)31-52(59(72)94)87-67(102)54(34-43-15-9-7-10-16-43)83-57(92)38-80-61(96)42(6)82-65(100)56(36-46-23-27-48(91)28-24-46)89-64(99)51(20-14-30-78-70(75)76)85-63(98)50(19-13-29-77-69(73)74)86-66(101)53(32-40(3)4)88-68(103)55(35-44-17-11-8-12-18-44)84-58(93)37-79-60(95)41(5)81-62(97)49(71)33-45-21-25-47(90)26-22-45/h7-12,15-18,21-28,39-42,49-56,90-91H,13-14,19-20,29-38,71H2,1-6H3,(H2,72,94)(H,79,95)(H,80,96)(H,81,97)(H,82,100)(H,83,92)(H,84,93)(H,85,98)(H,86,101)(H,87,102)(H,88,103)(H,89,99)(H4,73,74,77)(H4,75,76,78)/t41-,42-,49+,50+,51+,52+,53+,54+,55+,56+/m1/s1. The number of hydrogen-bond donors (Lipinski definition) is 19. The second kappa shape index (κ2) is 43.3. The molecule has 4 rings (SSSR count). The molecule has 4 aromatic rings. The van der Waals surface area contributed by atoms with Crippen molar-refractivity contribution in [2.45, 2.75) is 166 Å². The van der Waals surface area contributed by atoms with Crippen molar-refractivity contribution >= 4 is 82.8 Å². The first-order valence-electron chi connectivity index (χ1n) is 33.8. The largest absolute Gasteiger partial charge is 0.508 e. The van der Waals surface area contributed by atoms with E-state index in [0.29, 0.717) is 22.3 Å². The Labute approximate surface area is 598 Å². The normalized spacial score (nSPS) is 13.9. The molecule has 0 aliphatic carbocycles. The van der Waals surface area contributed by atoms with Crippen LogP contribution in [0.2, 0.25) is 0 Å². The summed E-state index contributed by atoms with van der Waals surface area (Å²) >= 11 is 0. The molecular weight excluding hydrogens is 1330 g/mol. The zero-order valence-electron chi connectivity index (χ0n) is 58.9. The molecule has 0 aromatic heterocycles. The van der Waals surface area contributed by atoms with Gasteiger partial charge in [0.15, 0.2) is 11.9 Å². The lowest BCUT2D eigenvalue weighted by molar-refractivity contribution is -0.136. The maximum Gasteiger partial charge on any atom is 0.243 e. The summed E-state index contributed by atoms with van der Waals surface area (Å²) < 4.78 is 0. The average Bonchev–Trinajstić information content (AvgIpc) is 0.860. The van der Waals surface area contributed by atoms with Gasteiger partial charge in [0.05, 0.1) is 19.1 Å². The third kappa shape index (κ3) is 32.2. The first-order valence-corrected chi connectivity index (χ1v) is 33.8. The zero-order chi connectivity index (χ0) is 76.3. The maximum absolute atomic E-state index is 14.8. The second-order valence-electron chi connectivity index (χ2n) is 25.7. The second-order valence-corrected chi connectivity index (χ2v) is 25.7. The van der Waals surface area contributed by atoms with Crippen LogP contribution in [-0.4, -0.2) is 180 Å². The van der Waals surface area contributed by atoms with Gasteiger partial charge in [0.25, 0.3) is 0 Å². The molecule has 33 nitrogen and oxygen atoms in total. The summed E-state index contributed by atoms with van der Waals surface area (Å²) in [5.74, 6) is -10.7. The average molecular weight is 1430 g/mol. The van der Waals surface area contributed by atoms with Crippen molar-refractivity contribution in [3.05, 3.63) is 131 Å². The van der Waals surface area contributed by atoms with Crippen molar-refractivity contribution in [1.29, 1.82) is 0 Å². The molecule has 33 heteroatoms. The molecule has 25 N–H and O–H groups in total. The van der Waals surface area contributed by atoms with Crippen LogP contribution in [0.15, 0.2) is 119 Å². The van der Waals surface area contributed by atoms with Crippen LogP contribution in [0, 0.1) is 11.8 Å². The molecule has 560 valence electrons. The predicted molar refractivity (Wildman–Crippen MR) is 385 cm³/mol. The van der Waals surface area contributed by atoms with Crippen LogP contribution in [-0.2, 0) is 83.2 Å². The number of nitrogens with one attached hydrogen (secondary N) is 11. The third-order valence-corrected chi connectivity index (χ3v) is 15.8. The highest BCUT2D eigenvalue weighted by Gasteiger charge is 2.35. The van der Waals surface area contributed by atoms with E-state index in [1.54, 1.807) is 86.6 Å². The summed E-state index contributed by atoms with van der Waals surface area (Å²) in [4.78, 5) is 174. The molecule has 0 spiro atoms. The Morgan fingerprint density at radius 1 is 0.359 bits per heavy atom. The Hall–Kier alpha value is -11.4. The van der Waals surface area contributed by atoms with Crippen LogP contribution in [0.1, 0.15) is 102 Å². The Morgan fingerprint density at radius 2 is 0.670 bits per heavy atom. The molecule has 12 amide bonds. The van der Waals surface area contributed by atoms with E-state index in [-0.39, 0.29) is 113 Å². The van der Waals surface area contributed by atoms with Gasteiger partial charge in [-0.1, -0.05) is 113 Å². The zero-order valence-corrected chi connectivity index (χ0v) is 58.9. The van der Waals surface area contributed by atoms with Crippen LogP contribution >= 0.6 is 0 Å². The van der Waals surface area contributed by atoms with Gasteiger partial charge in [-0.2, -0.15) is 0 Å². The van der Waals surface area contributed by atoms with Gasteiger partial charge in [0, 0.05) is 32.4 Å². The first-order chi connectivity index (χ1) is 48.8. The van der Waals surface area contributed by atoms with Gasteiger partial charge in [-0.25, -0.2) is 0 Å². The molecule has 0 aliphatic rings. The van der Waals surface area contributed by atoms with Crippen molar-refractivity contribution in [3.63, 3.8) is 0 Å². The minimum absolute atomic E-state index is 0.00428. The number of carbonyl (C=O) groups is 12. The summed E-state index contributed by atoms with van der Waals surface area (Å²) in [5, 5.41) is 48.3. The Kier molecular flexibility index (Phi) is 35.3. The minimum atomic E-state index is -1.51. The number of nitrogens with zero attached hydrogens (tertiary/aromatic N) is 2. The van der Waals surface area contributed by atoms with E-state index in [1.807, 2.05) is 13.8 Å². The number of amides is 12. The number of hydrogen-bond acceptors (Lipinski definition) is 17. The Bertz CT molecular complexity index is 3540. The fraction of sp³-hybridized carbons (Fsp3) is 0.457. The van der Waals surface area contributed by atoms with Crippen LogP contribution in [0.3, 0.4) is 0 Å². The number of phenolic OH excluding ortho intramolecular Hbond substituents is 2. The number of benzene rings is 4. The van der Waals surface area contributed by atoms with Gasteiger partial charge in [-0.05, 0) is 117 Å². The molecular formula is C70H101N19O14. The van der Waals surface area contributed by atoms with Crippen molar-refractivity contribution in [3.8, 4) is 11.5 Å². The monoisotopic (exact) mass is 1430 g/mol. The fourth-order valence-electron chi connectivity index (χ4n) is 10.4. The lowest BCUT2D eigenvalue weighted by atomic mass is 10.00. The number of nitrogens with two attached hydrogens (primary N) is 6. The number of aromatic hydroxyl groups is 2. The van der Waals surface area contributed by atoms with E-state index >= 15 is 0 Å². The topological polar surface area (TPSA) is 558 Å². The summed E-state index contributed by atoms with van der Waals surface area (Å²) in [6, 6.07) is 16.0. The van der Waals surface area contributed by atoms with Crippen LogP contribution in [0.25, 0.3) is 0 Å². The van der Waals surface area contributed by atoms with E-state index < -0.39 is 144 Å². The molecule has 0 saturated carbocycles. The Morgan fingerprint density at radius 3 is 1.06 bits per heavy atom. The SMILES string of the molecule is CC(C)C[C@H](NC(=O)[C@H](Cc1ccccc1)NC(=O)CNC(=O)[C@@H](C)NC(=O)[C@H](Cc1ccc(O)cc1)NC(=O)[C@H](CCCN=C(N)N)NC(=O)[C@H](CCCN=C(N)N)NC(=O)[C@H](CC(C)C)NC(=O)[C@H](Cc1ccccc1)NC(=O)CNC(=O)[C@@H](C)NC(=O)[C@@H](N)Cc1ccc(O)cc1)C(N)=O. The fourth-order valence-corrected chi connectivity index (χ4v) is 10.4. The molecule has 10 atom stereocenters. The molecule has 103 heavy (non-hydrogen) atoms.